The van der Waals surface area contributed by atoms with Crippen molar-refractivity contribution in [2.45, 2.75) is 30.7 Å². The molecule has 0 aromatic heterocycles. The van der Waals surface area contributed by atoms with Crippen molar-refractivity contribution >= 4 is 22.0 Å². The maximum atomic E-state index is 12.0. The van der Waals surface area contributed by atoms with Crippen molar-refractivity contribution in [1.29, 1.82) is 0 Å². The van der Waals surface area contributed by atoms with Crippen molar-refractivity contribution in [2.75, 3.05) is 0 Å². The van der Waals surface area contributed by atoms with Crippen LogP contribution in [-0.2, 0) is 19.6 Å². The average molecular weight is 301 g/mol. The molecule has 0 aliphatic carbocycles. The topological polar surface area (TPSA) is 121 Å². The fraction of sp³-hybridized carbons (Fsp3) is 0.333. The predicted octanol–water partition coefficient (Wildman–Crippen LogP) is 0.591. The molecule has 1 rings (SSSR count). The standard InChI is InChI=1S/C12H15NO6S/c1-8-3-2-4-9(7-8)20(18,19)13-10(12(16)17)5-6-11(14)15/h2-4,7,10,13H,5-6H2,1H3,(H,14,15)(H,16,17). The molecule has 8 heteroatoms. The van der Waals surface area contributed by atoms with E-state index in [-0.39, 0.29) is 11.3 Å². The summed E-state index contributed by atoms with van der Waals surface area (Å²) in [5.41, 5.74) is 0.713. The molecular weight excluding hydrogens is 286 g/mol. The van der Waals surface area contributed by atoms with Crippen molar-refractivity contribution in [3.63, 3.8) is 0 Å². The molecule has 0 fully saturated rings. The van der Waals surface area contributed by atoms with Crippen LogP contribution in [0.15, 0.2) is 29.2 Å². The first-order chi connectivity index (χ1) is 9.22. The van der Waals surface area contributed by atoms with Crippen LogP contribution in [0.2, 0.25) is 0 Å². The van der Waals surface area contributed by atoms with Crippen LogP contribution in [-0.4, -0.2) is 36.6 Å². The Morgan fingerprint density at radius 2 is 1.95 bits per heavy atom. The molecule has 0 saturated carbocycles. The lowest BCUT2D eigenvalue weighted by Gasteiger charge is -2.14. The van der Waals surface area contributed by atoms with Gasteiger partial charge in [0.15, 0.2) is 0 Å². The lowest BCUT2D eigenvalue weighted by Crippen LogP contribution is -2.41. The Labute approximate surface area is 116 Å². The number of sulfonamides is 1. The van der Waals surface area contributed by atoms with Gasteiger partial charge < -0.3 is 10.2 Å². The van der Waals surface area contributed by atoms with E-state index in [1.165, 1.54) is 18.2 Å². The summed E-state index contributed by atoms with van der Waals surface area (Å²) < 4.78 is 26.0. The van der Waals surface area contributed by atoms with Gasteiger partial charge in [0, 0.05) is 6.42 Å². The van der Waals surface area contributed by atoms with Crippen molar-refractivity contribution < 1.29 is 28.2 Å². The highest BCUT2D eigenvalue weighted by atomic mass is 32.2. The summed E-state index contributed by atoms with van der Waals surface area (Å²) in [7, 11) is -4.00. The first-order valence-corrected chi connectivity index (χ1v) is 7.24. The van der Waals surface area contributed by atoms with Crippen LogP contribution in [0, 0.1) is 6.92 Å². The van der Waals surface area contributed by atoms with Crippen LogP contribution >= 0.6 is 0 Å². The third-order valence-electron chi connectivity index (χ3n) is 2.54. The van der Waals surface area contributed by atoms with Gasteiger partial charge in [0.05, 0.1) is 4.90 Å². The highest BCUT2D eigenvalue weighted by molar-refractivity contribution is 7.89. The molecule has 0 amide bonds. The Kier molecular flexibility index (Phi) is 5.23. The number of rotatable bonds is 7. The number of carboxylic acid groups (broad SMARTS) is 2. The molecule has 0 spiro atoms. The molecule has 0 radical (unpaired) electrons. The number of hydrogen-bond acceptors (Lipinski definition) is 4. The third kappa shape index (κ3) is 4.63. The van der Waals surface area contributed by atoms with Gasteiger partial charge in [-0.15, -0.1) is 0 Å². The molecular formula is C12H15NO6S. The lowest BCUT2D eigenvalue weighted by atomic mass is 10.2. The van der Waals surface area contributed by atoms with Gasteiger partial charge in [-0.05, 0) is 31.0 Å². The molecule has 20 heavy (non-hydrogen) atoms. The highest BCUT2D eigenvalue weighted by Gasteiger charge is 2.25. The van der Waals surface area contributed by atoms with E-state index in [0.717, 1.165) is 0 Å². The second-order valence-electron chi connectivity index (χ2n) is 4.26. The Morgan fingerprint density at radius 1 is 1.30 bits per heavy atom. The molecule has 7 nitrogen and oxygen atoms in total. The summed E-state index contributed by atoms with van der Waals surface area (Å²) in [5, 5.41) is 17.5. The SMILES string of the molecule is Cc1cccc(S(=O)(=O)NC(CCC(=O)O)C(=O)O)c1. The van der Waals surface area contributed by atoms with Gasteiger partial charge in [-0.1, -0.05) is 12.1 Å². The summed E-state index contributed by atoms with van der Waals surface area (Å²) in [6, 6.07) is 4.51. The van der Waals surface area contributed by atoms with Crippen molar-refractivity contribution in [1.82, 2.24) is 4.72 Å². The fourth-order valence-corrected chi connectivity index (χ4v) is 2.87. The monoisotopic (exact) mass is 301 g/mol. The number of aliphatic carboxylic acids is 2. The molecule has 0 aliphatic rings. The van der Waals surface area contributed by atoms with Crippen LogP contribution in [0.25, 0.3) is 0 Å². The Bertz CT molecular complexity index is 610. The lowest BCUT2D eigenvalue weighted by molar-refractivity contribution is -0.140. The van der Waals surface area contributed by atoms with E-state index in [1.54, 1.807) is 13.0 Å². The number of hydrogen-bond donors (Lipinski definition) is 3. The molecule has 0 saturated heterocycles. The smallest absolute Gasteiger partial charge is 0.321 e. The van der Waals surface area contributed by atoms with Gasteiger partial charge in [0.25, 0.3) is 0 Å². The van der Waals surface area contributed by atoms with Crippen LogP contribution < -0.4 is 4.72 Å². The maximum Gasteiger partial charge on any atom is 0.321 e. The van der Waals surface area contributed by atoms with Crippen LogP contribution in [0.4, 0.5) is 0 Å². The Morgan fingerprint density at radius 3 is 2.45 bits per heavy atom. The number of carbonyl (C=O) groups is 2. The number of benzene rings is 1. The normalized spacial score (nSPS) is 12.8. The summed E-state index contributed by atoms with van der Waals surface area (Å²) in [4.78, 5) is 21.3. The van der Waals surface area contributed by atoms with Crippen LogP contribution in [0.5, 0.6) is 0 Å². The summed E-state index contributed by atoms with van der Waals surface area (Å²) in [6.45, 7) is 1.71. The fourth-order valence-electron chi connectivity index (χ4n) is 1.54. The molecule has 0 aliphatic heterocycles. The van der Waals surface area contributed by atoms with Gasteiger partial charge in [-0.2, -0.15) is 4.72 Å². The second-order valence-corrected chi connectivity index (χ2v) is 5.98. The summed E-state index contributed by atoms with van der Waals surface area (Å²) >= 11 is 0. The second kappa shape index (κ2) is 6.49. The number of nitrogens with one attached hydrogen (secondary N) is 1. The molecule has 1 aromatic rings. The largest absolute Gasteiger partial charge is 0.481 e. The molecule has 110 valence electrons. The number of carboxylic acids is 2. The minimum absolute atomic E-state index is 0.0564. The van der Waals surface area contributed by atoms with Gasteiger partial charge in [-0.3, -0.25) is 9.59 Å². The predicted molar refractivity (Wildman–Crippen MR) is 69.8 cm³/mol. The minimum atomic E-state index is -4.00. The van der Waals surface area contributed by atoms with E-state index in [9.17, 15) is 18.0 Å². The third-order valence-corrected chi connectivity index (χ3v) is 4.01. The van der Waals surface area contributed by atoms with Crippen molar-refractivity contribution in [3.8, 4) is 0 Å². The van der Waals surface area contributed by atoms with Gasteiger partial charge in [0.2, 0.25) is 10.0 Å². The first kappa shape index (κ1) is 16.1. The van der Waals surface area contributed by atoms with Gasteiger partial charge >= 0.3 is 11.9 Å². The minimum Gasteiger partial charge on any atom is -0.481 e. The Hall–Kier alpha value is -1.93. The van der Waals surface area contributed by atoms with Gasteiger partial charge in [0.1, 0.15) is 6.04 Å². The Balaban J connectivity index is 2.91. The van der Waals surface area contributed by atoms with Crippen molar-refractivity contribution in [2.24, 2.45) is 0 Å². The van der Waals surface area contributed by atoms with E-state index in [0.29, 0.717) is 5.56 Å². The molecule has 1 unspecified atom stereocenters. The van der Waals surface area contributed by atoms with Crippen LogP contribution in [0.3, 0.4) is 0 Å². The van der Waals surface area contributed by atoms with E-state index < -0.39 is 34.4 Å². The van der Waals surface area contributed by atoms with Gasteiger partial charge in [-0.25, -0.2) is 8.42 Å². The zero-order valence-electron chi connectivity index (χ0n) is 10.7. The van der Waals surface area contributed by atoms with E-state index in [4.69, 9.17) is 10.2 Å². The summed E-state index contributed by atoms with van der Waals surface area (Å²) in [5.74, 6) is -2.60. The molecule has 0 bridgehead atoms. The summed E-state index contributed by atoms with van der Waals surface area (Å²) in [6.07, 6.45) is -0.761. The zero-order valence-corrected chi connectivity index (χ0v) is 11.6. The highest BCUT2D eigenvalue weighted by Crippen LogP contribution is 2.12. The maximum absolute atomic E-state index is 12.0. The quantitative estimate of drug-likeness (QED) is 0.678. The van der Waals surface area contributed by atoms with Crippen molar-refractivity contribution in [3.05, 3.63) is 29.8 Å². The van der Waals surface area contributed by atoms with E-state index in [1.807, 2.05) is 4.72 Å². The van der Waals surface area contributed by atoms with E-state index >= 15 is 0 Å². The van der Waals surface area contributed by atoms with Crippen LogP contribution in [0.1, 0.15) is 18.4 Å². The molecule has 1 atom stereocenters. The molecule has 0 heterocycles. The molecule has 1 aromatic carbocycles. The molecule has 3 N–H and O–H groups in total. The average Bonchev–Trinajstić information content (AvgIpc) is 2.34. The zero-order chi connectivity index (χ0) is 15.3. The first-order valence-electron chi connectivity index (χ1n) is 5.76. The number of aryl methyl sites for hydroxylation is 1. The van der Waals surface area contributed by atoms with E-state index in [2.05, 4.69) is 0 Å².